The summed E-state index contributed by atoms with van der Waals surface area (Å²) in [6.07, 6.45) is 8.45. The van der Waals surface area contributed by atoms with Gasteiger partial charge in [-0.3, -0.25) is 4.90 Å². The highest BCUT2D eigenvalue weighted by Crippen LogP contribution is 2.50. The fourth-order valence-electron chi connectivity index (χ4n) is 6.93. The van der Waals surface area contributed by atoms with Gasteiger partial charge in [0.15, 0.2) is 0 Å². The number of β-amino-alcohol motifs (C(OH)–C–C–N with tert-alkyl or cyclic N) is 1. The minimum Gasteiger partial charge on any atom is -0.616 e. The zero-order valence-electron chi connectivity index (χ0n) is 20.9. The molecule has 0 bridgehead atoms. The number of carbonyl (C=O) groups is 1. The summed E-state index contributed by atoms with van der Waals surface area (Å²) in [5, 5.41) is 11.1. The summed E-state index contributed by atoms with van der Waals surface area (Å²) in [5.41, 5.74) is 0.426. The van der Waals surface area contributed by atoms with E-state index in [0.717, 1.165) is 82.4 Å². The minimum absolute atomic E-state index is 0.0184. The molecule has 2 aliphatic heterocycles. The standard InChI is InChI=1S/C27H41N3O3S/c1-28(2)27(23-7-4-3-5-8-23)15-13-25(14-16-27)20-29(19-22-9-17-34(33)18-10-22)24(31)30(25)21-26(32)11-6-12-26/h3-5,7-8,22,32H,6,9-21H2,1-2H3. The third-order valence-corrected chi connectivity index (χ3v) is 10.8. The fraction of sp³-hybridized carbons (Fsp3) is 0.741. The summed E-state index contributed by atoms with van der Waals surface area (Å²) in [4.78, 5) is 20.3. The minimum atomic E-state index is -0.712. The maximum atomic E-state index is 13.8. The second-order valence-corrected chi connectivity index (χ2v) is 13.3. The van der Waals surface area contributed by atoms with Crippen molar-refractivity contribution in [3.05, 3.63) is 35.9 Å². The van der Waals surface area contributed by atoms with Crippen LogP contribution in [-0.4, -0.2) is 86.8 Å². The van der Waals surface area contributed by atoms with Crippen LogP contribution in [0.3, 0.4) is 0 Å². The molecule has 1 aromatic rings. The molecule has 2 aliphatic carbocycles. The highest BCUT2D eigenvalue weighted by molar-refractivity contribution is 7.91. The molecule has 0 unspecified atom stereocenters. The molecule has 34 heavy (non-hydrogen) atoms. The zero-order valence-corrected chi connectivity index (χ0v) is 21.7. The summed E-state index contributed by atoms with van der Waals surface area (Å²) in [7, 11) is 4.36. The normalized spacial score (nSPS) is 35.7. The van der Waals surface area contributed by atoms with Crippen molar-refractivity contribution in [3.8, 4) is 0 Å². The number of hydrogen-bond donors (Lipinski definition) is 1. The first kappa shape index (κ1) is 24.4. The van der Waals surface area contributed by atoms with Crippen LogP contribution in [0.5, 0.6) is 0 Å². The molecule has 2 saturated heterocycles. The van der Waals surface area contributed by atoms with E-state index in [1.54, 1.807) is 0 Å². The van der Waals surface area contributed by atoms with E-state index in [2.05, 4.69) is 59.1 Å². The summed E-state index contributed by atoms with van der Waals surface area (Å²) >= 11 is -0.681. The number of aliphatic hydroxyl groups is 1. The van der Waals surface area contributed by atoms with Crippen molar-refractivity contribution in [2.75, 3.05) is 45.2 Å². The Balaban J connectivity index is 1.37. The van der Waals surface area contributed by atoms with Crippen molar-refractivity contribution in [2.45, 2.75) is 74.5 Å². The van der Waals surface area contributed by atoms with Crippen molar-refractivity contribution in [1.29, 1.82) is 0 Å². The number of hydrogen-bond acceptors (Lipinski definition) is 4. The lowest BCUT2D eigenvalue weighted by Gasteiger charge is -2.52. The second-order valence-electron chi connectivity index (χ2n) is 11.6. The van der Waals surface area contributed by atoms with Gasteiger partial charge in [0.1, 0.15) is 11.5 Å². The third-order valence-electron chi connectivity index (χ3n) is 9.46. The number of nitrogens with zero attached hydrogens (tertiary/aromatic N) is 3. The molecular formula is C27H41N3O3S. The first-order chi connectivity index (χ1) is 16.3. The van der Waals surface area contributed by atoms with Crippen LogP contribution in [0.4, 0.5) is 4.79 Å². The lowest BCUT2D eigenvalue weighted by atomic mass is 9.67. The molecule has 0 aromatic heterocycles. The molecule has 4 fully saturated rings. The van der Waals surface area contributed by atoms with E-state index in [1.165, 1.54) is 5.56 Å². The monoisotopic (exact) mass is 487 g/mol. The highest BCUT2D eigenvalue weighted by atomic mass is 32.2. The Morgan fingerprint density at radius 2 is 1.71 bits per heavy atom. The van der Waals surface area contributed by atoms with E-state index in [1.807, 2.05) is 0 Å². The Hall–Kier alpha value is -1.28. The van der Waals surface area contributed by atoms with Gasteiger partial charge in [0.2, 0.25) is 0 Å². The molecule has 2 amide bonds. The lowest BCUT2D eigenvalue weighted by Crippen LogP contribution is -2.59. The zero-order chi connectivity index (χ0) is 24.0. The Bertz CT molecular complexity index is 859. The Morgan fingerprint density at radius 1 is 1.06 bits per heavy atom. The van der Waals surface area contributed by atoms with Crippen LogP contribution in [0.2, 0.25) is 0 Å². The summed E-state index contributed by atoms with van der Waals surface area (Å²) < 4.78 is 11.8. The number of urea groups is 1. The predicted octanol–water partition coefficient (Wildman–Crippen LogP) is 3.57. The van der Waals surface area contributed by atoms with Crippen molar-refractivity contribution < 1.29 is 14.5 Å². The van der Waals surface area contributed by atoms with Crippen LogP contribution < -0.4 is 0 Å². The van der Waals surface area contributed by atoms with Gasteiger partial charge in [-0.2, -0.15) is 0 Å². The van der Waals surface area contributed by atoms with Gasteiger partial charge < -0.3 is 19.5 Å². The first-order valence-electron chi connectivity index (χ1n) is 13.1. The van der Waals surface area contributed by atoms with Gasteiger partial charge in [-0.15, -0.1) is 0 Å². The topological polar surface area (TPSA) is 70.1 Å². The Kier molecular flexibility index (Phi) is 6.68. The van der Waals surface area contributed by atoms with E-state index in [9.17, 15) is 14.5 Å². The molecule has 0 atom stereocenters. The maximum Gasteiger partial charge on any atom is 0.320 e. The van der Waals surface area contributed by atoms with Crippen LogP contribution in [0.1, 0.15) is 63.4 Å². The van der Waals surface area contributed by atoms with Gasteiger partial charge in [-0.1, -0.05) is 41.5 Å². The maximum absolute atomic E-state index is 13.8. The van der Waals surface area contributed by atoms with Crippen LogP contribution in [0.25, 0.3) is 0 Å². The van der Waals surface area contributed by atoms with E-state index in [4.69, 9.17) is 0 Å². The Morgan fingerprint density at radius 3 is 2.26 bits per heavy atom. The van der Waals surface area contributed by atoms with Crippen LogP contribution in [-0.2, 0) is 16.7 Å². The summed E-state index contributed by atoms with van der Waals surface area (Å²) in [6, 6.07) is 10.9. The van der Waals surface area contributed by atoms with Crippen molar-refractivity contribution in [3.63, 3.8) is 0 Å². The molecule has 1 N–H and O–H groups in total. The molecule has 7 heteroatoms. The van der Waals surface area contributed by atoms with Gasteiger partial charge in [0.05, 0.1) is 17.7 Å². The van der Waals surface area contributed by atoms with Crippen LogP contribution >= 0.6 is 0 Å². The number of carbonyl (C=O) groups excluding carboxylic acids is 1. The third kappa shape index (κ3) is 4.38. The van der Waals surface area contributed by atoms with E-state index >= 15 is 0 Å². The van der Waals surface area contributed by atoms with Crippen molar-refractivity contribution in [1.82, 2.24) is 14.7 Å². The largest absolute Gasteiger partial charge is 0.616 e. The molecule has 0 radical (unpaired) electrons. The second kappa shape index (κ2) is 9.30. The molecule has 4 aliphatic rings. The quantitative estimate of drug-likeness (QED) is 0.623. The molecule has 6 nitrogen and oxygen atoms in total. The summed E-state index contributed by atoms with van der Waals surface area (Å²) in [5.74, 6) is 1.98. The number of rotatable bonds is 6. The van der Waals surface area contributed by atoms with Gasteiger partial charge in [-0.05, 0) is 83.4 Å². The molecular weight excluding hydrogens is 446 g/mol. The molecule has 2 heterocycles. The van der Waals surface area contributed by atoms with Crippen molar-refractivity contribution in [2.24, 2.45) is 5.92 Å². The van der Waals surface area contributed by atoms with Gasteiger partial charge in [-0.25, -0.2) is 4.79 Å². The molecule has 1 aromatic carbocycles. The average Bonchev–Trinajstić information content (AvgIpc) is 3.06. The molecule has 1 spiro atoms. The Labute approximate surface area is 207 Å². The van der Waals surface area contributed by atoms with Gasteiger partial charge in [0, 0.05) is 18.6 Å². The van der Waals surface area contributed by atoms with Crippen LogP contribution in [0.15, 0.2) is 30.3 Å². The molecule has 2 saturated carbocycles. The molecule has 188 valence electrons. The lowest BCUT2D eigenvalue weighted by molar-refractivity contribution is -0.0725. The first-order valence-corrected chi connectivity index (χ1v) is 14.6. The smallest absolute Gasteiger partial charge is 0.320 e. The fourth-order valence-corrected chi connectivity index (χ4v) is 8.33. The number of benzene rings is 1. The SMILES string of the molecule is CN(C)C1(c2ccccc2)CCC2(CC1)CN(CC1CC[S+]([O-])CC1)C(=O)N2CC1(O)CCC1. The highest BCUT2D eigenvalue weighted by Gasteiger charge is 2.56. The van der Waals surface area contributed by atoms with E-state index < -0.39 is 16.8 Å². The van der Waals surface area contributed by atoms with Crippen LogP contribution in [0, 0.1) is 5.92 Å². The number of amides is 2. The average molecular weight is 488 g/mol. The summed E-state index contributed by atoms with van der Waals surface area (Å²) in [6.45, 7) is 2.00. The van der Waals surface area contributed by atoms with Crippen molar-refractivity contribution >= 4 is 17.2 Å². The van der Waals surface area contributed by atoms with E-state index in [-0.39, 0.29) is 17.1 Å². The van der Waals surface area contributed by atoms with E-state index in [0.29, 0.717) is 12.5 Å². The predicted molar refractivity (Wildman–Crippen MR) is 136 cm³/mol. The molecule has 5 rings (SSSR count). The van der Waals surface area contributed by atoms with Gasteiger partial charge >= 0.3 is 6.03 Å². The van der Waals surface area contributed by atoms with Gasteiger partial charge in [0.25, 0.3) is 0 Å².